The van der Waals surface area contributed by atoms with Crippen molar-refractivity contribution in [2.24, 2.45) is 0 Å². The van der Waals surface area contributed by atoms with Crippen LogP contribution in [0.3, 0.4) is 0 Å². The largest absolute Gasteiger partial charge is 0.465 e. The van der Waals surface area contributed by atoms with Gasteiger partial charge in [0.15, 0.2) is 0 Å². The van der Waals surface area contributed by atoms with Gasteiger partial charge < -0.3 is 4.74 Å². The molecule has 21 heavy (non-hydrogen) atoms. The number of hydrogen-bond acceptors (Lipinski definition) is 5. The van der Waals surface area contributed by atoms with Gasteiger partial charge in [0.1, 0.15) is 5.54 Å². The summed E-state index contributed by atoms with van der Waals surface area (Å²) in [6.45, 7) is 13.5. The summed E-state index contributed by atoms with van der Waals surface area (Å²) >= 11 is 0. The highest BCUT2D eigenvalue weighted by Gasteiger charge is 2.39. The third kappa shape index (κ3) is 4.66. The van der Waals surface area contributed by atoms with E-state index in [4.69, 9.17) is 4.74 Å². The molecular formula is C16H31N3O2. The molecule has 0 aromatic heterocycles. The Labute approximate surface area is 129 Å². The van der Waals surface area contributed by atoms with Crippen LogP contribution in [0.1, 0.15) is 40.5 Å². The van der Waals surface area contributed by atoms with E-state index < -0.39 is 5.54 Å². The molecule has 0 aromatic rings. The monoisotopic (exact) mass is 297 g/mol. The Hall–Kier alpha value is -0.650. The lowest BCUT2D eigenvalue weighted by Crippen LogP contribution is -2.61. The lowest BCUT2D eigenvalue weighted by Gasteiger charge is -2.40. The van der Waals surface area contributed by atoms with Gasteiger partial charge >= 0.3 is 5.97 Å². The van der Waals surface area contributed by atoms with Crippen molar-refractivity contribution in [1.29, 1.82) is 0 Å². The number of ether oxygens (including phenoxy) is 1. The Balaban J connectivity index is 1.90. The first-order chi connectivity index (χ1) is 9.94. The number of nitrogens with zero attached hydrogens (tertiary/aromatic N) is 2. The van der Waals surface area contributed by atoms with E-state index in [1.165, 1.54) is 12.8 Å². The zero-order chi connectivity index (χ0) is 15.5. The fourth-order valence-electron chi connectivity index (χ4n) is 3.27. The highest BCUT2D eigenvalue weighted by atomic mass is 16.5. The average molecular weight is 297 g/mol. The molecule has 1 heterocycles. The zero-order valence-electron chi connectivity index (χ0n) is 14.0. The third-order valence-electron chi connectivity index (χ3n) is 4.34. The number of rotatable bonds is 7. The van der Waals surface area contributed by atoms with E-state index in [2.05, 4.69) is 29.0 Å². The number of nitrogens with one attached hydrogen (secondary N) is 1. The van der Waals surface area contributed by atoms with Gasteiger partial charge in [0.2, 0.25) is 0 Å². The molecule has 5 nitrogen and oxygen atoms in total. The molecule has 1 aliphatic carbocycles. The van der Waals surface area contributed by atoms with E-state index in [1.807, 2.05) is 13.8 Å². The molecule has 2 rings (SSSR count). The Morgan fingerprint density at radius 1 is 1.29 bits per heavy atom. The van der Waals surface area contributed by atoms with Gasteiger partial charge in [-0.05, 0) is 40.5 Å². The fourth-order valence-corrected chi connectivity index (χ4v) is 3.27. The minimum Gasteiger partial charge on any atom is -0.465 e. The Morgan fingerprint density at radius 3 is 2.38 bits per heavy atom. The van der Waals surface area contributed by atoms with Crippen LogP contribution in [-0.4, -0.2) is 72.7 Å². The van der Waals surface area contributed by atoms with E-state index in [9.17, 15) is 4.79 Å². The van der Waals surface area contributed by atoms with Gasteiger partial charge in [-0.2, -0.15) is 0 Å². The second kappa shape index (κ2) is 7.07. The normalized spacial score (nSPS) is 24.0. The number of hydrogen-bond donors (Lipinski definition) is 1. The van der Waals surface area contributed by atoms with Gasteiger partial charge in [-0.1, -0.05) is 0 Å². The molecule has 0 amide bonds. The van der Waals surface area contributed by atoms with Gasteiger partial charge in [0.25, 0.3) is 0 Å². The van der Waals surface area contributed by atoms with Gasteiger partial charge in [-0.3, -0.25) is 19.9 Å². The van der Waals surface area contributed by atoms with Crippen LogP contribution in [0.4, 0.5) is 0 Å². The second-order valence-electron chi connectivity index (χ2n) is 6.89. The Kier molecular flexibility index (Phi) is 5.63. The first-order valence-electron chi connectivity index (χ1n) is 8.36. The highest BCUT2D eigenvalue weighted by Crippen LogP contribution is 2.27. The van der Waals surface area contributed by atoms with Crippen LogP contribution in [0.15, 0.2) is 0 Å². The van der Waals surface area contributed by atoms with E-state index in [-0.39, 0.29) is 12.0 Å². The SMILES string of the molecule is CCOC(=O)C(C)(CN1CCN(C2CC2)CC1)NC(C)C. The molecule has 0 aromatic carbocycles. The number of esters is 1. The molecule has 1 unspecified atom stereocenters. The molecule has 2 aliphatic rings. The molecule has 1 saturated carbocycles. The maximum atomic E-state index is 12.3. The molecule has 122 valence electrons. The minimum atomic E-state index is -0.619. The van der Waals surface area contributed by atoms with Crippen molar-refractivity contribution in [2.45, 2.75) is 58.2 Å². The van der Waals surface area contributed by atoms with Gasteiger partial charge in [0, 0.05) is 44.8 Å². The van der Waals surface area contributed by atoms with Crippen LogP contribution >= 0.6 is 0 Å². The summed E-state index contributed by atoms with van der Waals surface area (Å²) in [6.07, 6.45) is 2.74. The molecule has 0 spiro atoms. The summed E-state index contributed by atoms with van der Waals surface area (Å²) in [5.41, 5.74) is -0.619. The molecule has 1 atom stereocenters. The molecule has 2 fully saturated rings. The van der Waals surface area contributed by atoms with Crippen LogP contribution in [0.2, 0.25) is 0 Å². The van der Waals surface area contributed by atoms with E-state index in [1.54, 1.807) is 0 Å². The van der Waals surface area contributed by atoms with Crippen molar-refractivity contribution in [3.63, 3.8) is 0 Å². The second-order valence-corrected chi connectivity index (χ2v) is 6.89. The molecule has 5 heteroatoms. The van der Waals surface area contributed by atoms with Crippen molar-refractivity contribution in [1.82, 2.24) is 15.1 Å². The van der Waals surface area contributed by atoms with Crippen molar-refractivity contribution < 1.29 is 9.53 Å². The molecule has 0 radical (unpaired) electrons. The third-order valence-corrected chi connectivity index (χ3v) is 4.34. The quantitative estimate of drug-likeness (QED) is 0.713. The molecule has 0 bridgehead atoms. The lowest BCUT2D eigenvalue weighted by molar-refractivity contribution is -0.152. The summed E-state index contributed by atoms with van der Waals surface area (Å²) in [5, 5.41) is 3.40. The molecule has 1 saturated heterocycles. The highest BCUT2D eigenvalue weighted by molar-refractivity contribution is 5.80. The van der Waals surface area contributed by atoms with Crippen molar-refractivity contribution in [2.75, 3.05) is 39.3 Å². The number of carbonyl (C=O) groups is 1. The topological polar surface area (TPSA) is 44.8 Å². The predicted octanol–water partition coefficient (Wildman–Crippen LogP) is 1.09. The number of carbonyl (C=O) groups excluding carboxylic acids is 1. The summed E-state index contributed by atoms with van der Waals surface area (Å²) in [4.78, 5) is 17.3. The van der Waals surface area contributed by atoms with Crippen LogP contribution in [-0.2, 0) is 9.53 Å². The summed E-state index contributed by atoms with van der Waals surface area (Å²) < 4.78 is 5.28. The van der Waals surface area contributed by atoms with E-state index in [0.29, 0.717) is 6.61 Å². The first-order valence-corrected chi connectivity index (χ1v) is 8.36. The minimum absolute atomic E-state index is 0.136. The van der Waals surface area contributed by atoms with Gasteiger partial charge in [-0.15, -0.1) is 0 Å². The first kappa shape index (κ1) is 16.7. The summed E-state index contributed by atoms with van der Waals surface area (Å²) in [6, 6.07) is 1.10. The van der Waals surface area contributed by atoms with E-state index in [0.717, 1.165) is 38.8 Å². The number of piperazine rings is 1. The molecule has 1 aliphatic heterocycles. The van der Waals surface area contributed by atoms with E-state index >= 15 is 0 Å². The average Bonchev–Trinajstić information content (AvgIpc) is 3.23. The lowest BCUT2D eigenvalue weighted by atomic mass is 10.00. The van der Waals surface area contributed by atoms with Crippen LogP contribution in [0.25, 0.3) is 0 Å². The van der Waals surface area contributed by atoms with Gasteiger partial charge in [-0.25, -0.2) is 0 Å². The molecular weight excluding hydrogens is 266 g/mol. The summed E-state index contributed by atoms with van der Waals surface area (Å²) in [5.74, 6) is -0.136. The maximum absolute atomic E-state index is 12.3. The van der Waals surface area contributed by atoms with Crippen molar-refractivity contribution in [3.05, 3.63) is 0 Å². The van der Waals surface area contributed by atoms with Crippen LogP contribution in [0.5, 0.6) is 0 Å². The van der Waals surface area contributed by atoms with Crippen LogP contribution in [0, 0.1) is 0 Å². The van der Waals surface area contributed by atoms with Crippen LogP contribution < -0.4 is 5.32 Å². The maximum Gasteiger partial charge on any atom is 0.327 e. The fraction of sp³-hybridized carbons (Fsp3) is 0.938. The Bertz CT molecular complexity index is 349. The van der Waals surface area contributed by atoms with Gasteiger partial charge in [0.05, 0.1) is 6.61 Å². The smallest absolute Gasteiger partial charge is 0.327 e. The zero-order valence-corrected chi connectivity index (χ0v) is 14.0. The predicted molar refractivity (Wildman–Crippen MR) is 84.3 cm³/mol. The Morgan fingerprint density at radius 2 is 1.90 bits per heavy atom. The van der Waals surface area contributed by atoms with Crippen molar-refractivity contribution in [3.8, 4) is 0 Å². The van der Waals surface area contributed by atoms with Crippen molar-refractivity contribution >= 4 is 5.97 Å². The summed E-state index contributed by atoms with van der Waals surface area (Å²) in [7, 11) is 0. The molecule has 1 N–H and O–H groups in total. The standard InChI is InChI=1S/C16H31N3O2/c1-5-21-15(20)16(4,17-13(2)3)12-18-8-10-19(11-9-18)14-6-7-14/h13-14,17H,5-12H2,1-4H3.